The van der Waals surface area contributed by atoms with Crippen molar-refractivity contribution in [2.75, 3.05) is 7.05 Å². The standard InChI is InChI=1S/C15H19N3O2/c1-11-14(7-8-20-11)10-18(2)9-12-3-5-13(6-4-12)15(19)17-16/h3-8H,9-10,16H2,1-2H3,(H,17,19). The molecule has 0 spiro atoms. The van der Waals surface area contributed by atoms with Crippen molar-refractivity contribution in [2.24, 2.45) is 5.84 Å². The third-order valence-corrected chi connectivity index (χ3v) is 3.21. The van der Waals surface area contributed by atoms with E-state index in [1.54, 1.807) is 18.4 Å². The molecule has 1 heterocycles. The Kier molecular flexibility index (Phi) is 4.55. The summed E-state index contributed by atoms with van der Waals surface area (Å²) in [7, 11) is 2.05. The number of benzene rings is 1. The minimum Gasteiger partial charge on any atom is -0.469 e. The van der Waals surface area contributed by atoms with Crippen molar-refractivity contribution in [3.05, 3.63) is 59.0 Å². The minimum atomic E-state index is -0.279. The summed E-state index contributed by atoms with van der Waals surface area (Å²) in [6.07, 6.45) is 1.71. The van der Waals surface area contributed by atoms with E-state index >= 15 is 0 Å². The molecule has 2 aromatic rings. The number of hydrogen-bond acceptors (Lipinski definition) is 4. The van der Waals surface area contributed by atoms with Crippen molar-refractivity contribution in [3.8, 4) is 0 Å². The van der Waals surface area contributed by atoms with Gasteiger partial charge < -0.3 is 4.42 Å². The van der Waals surface area contributed by atoms with Crippen LogP contribution in [0.4, 0.5) is 0 Å². The number of hydrazine groups is 1. The number of nitrogens with two attached hydrogens (primary N) is 1. The van der Waals surface area contributed by atoms with Crippen molar-refractivity contribution >= 4 is 5.91 Å². The number of aryl methyl sites for hydroxylation is 1. The van der Waals surface area contributed by atoms with E-state index in [0.717, 1.165) is 24.4 Å². The number of carbonyl (C=O) groups is 1. The number of carbonyl (C=O) groups excluding carboxylic acids is 1. The predicted molar refractivity (Wildman–Crippen MR) is 76.7 cm³/mol. The van der Waals surface area contributed by atoms with Crippen LogP contribution in [0.3, 0.4) is 0 Å². The fraction of sp³-hybridized carbons (Fsp3) is 0.267. The summed E-state index contributed by atoms with van der Waals surface area (Å²) in [5.74, 6) is 5.77. The van der Waals surface area contributed by atoms with Gasteiger partial charge in [-0.1, -0.05) is 12.1 Å². The highest BCUT2D eigenvalue weighted by atomic mass is 16.3. The summed E-state index contributed by atoms with van der Waals surface area (Å²) in [6.45, 7) is 3.59. The SMILES string of the molecule is Cc1occc1CN(C)Cc1ccc(C(=O)NN)cc1. The lowest BCUT2D eigenvalue weighted by Crippen LogP contribution is -2.29. The van der Waals surface area contributed by atoms with Gasteiger partial charge in [0.15, 0.2) is 0 Å². The number of hydrogen-bond donors (Lipinski definition) is 2. The maximum atomic E-state index is 11.3. The molecule has 0 saturated carbocycles. The first-order valence-electron chi connectivity index (χ1n) is 6.41. The van der Waals surface area contributed by atoms with Crippen molar-refractivity contribution < 1.29 is 9.21 Å². The molecular weight excluding hydrogens is 254 g/mol. The van der Waals surface area contributed by atoms with E-state index in [1.807, 2.05) is 32.2 Å². The number of rotatable bonds is 5. The van der Waals surface area contributed by atoms with E-state index in [1.165, 1.54) is 5.56 Å². The number of nitrogen functional groups attached to an aromatic ring is 1. The van der Waals surface area contributed by atoms with Crippen LogP contribution in [0.25, 0.3) is 0 Å². The highest BCUT2D eigenvalue weighted by Crippen LogP contribution is 2.13. The third kappa shape index (κ3) is 3.46. The molecule has 0 unspecified atom stereocenters. The van der Waals surface area contributed by atoms with Gasteiger partial charge in [0.2, 0.25) is 0 Å². The van der Waals surface area contributed by atoms with Gasteiger partial charge in [-0.15, -0.1) is 0 Å². The molecule has 5 nitrogen and oxygen atoms in total. The van der Waals surface area contributed by atoms with Gasteiger partial charge in [0, 0.05) is 24.2 Å². The van der Waals surface area contributed by atoms with E-state index in [2.05, 4.69) is 10.3 Å². The smallest absolute Gasteiger partial charge is 0.265 e. The lowest BCUT2D eigenvalue weighted by atomic mass is 10.1. The Hall–Kier alpha value is -2.11. The summed E-state index contributed by atoms with van der Waals surface area (Å²) >= 11 is 0. The lowest BCUT2D eigenvalue weighted by molar-refractivity contribution is 0.0953. The van der Waals surface area contributed by atoms with Crippen molar-refractivity contribution in [1.82, 2.24) is 10.3 Å². The molecule has 0 bridgehead atoms. The molecular formula is C15H19N3O2. The molecule has 0 aliphatic rings. The molecule has 1 aromatic heterocycles. The first-order chi connectivity index (χ1) is 9.60. The average molecular weight is 273 g/mol. The normalized spacial score (nSPS) is 10.8. The maximum absolute atomic E-state index is 11.3. The molecule has 106 valence electrons. The van der Waals surface area contributed by atoms with E-state index in [9.17, 15) is 4.79 Å². The van der Waals surface area contributed by atoms with Crippen LogP contribution in [0, 0.1) is 6.92 Å². The van der Waals surface area contributed by atoms with Crippen LogP contribution >= 0.6 is 0 Å². The maximum Gasteiger partial charge on any atom is 0.265 e. The Morgan fingerprint density at radius 2 is 1.95 bits per heavy atom. The molecule has 0 atom stereocenters. The molecule has 3 N–H and O–H groups in total. The number of nitrogens with one attached hydrogen (secondary N) is 1. The summed E-state index contributed by atoms with van der Waals surface area (Å²) in [6, 6.07) is 9.40. The van der Waals surface area contributed by atoms with Crippen molar-refractivity contribution in [2.45, 2.75) is 20.0 Å². The summed E-state index contributed by atoms with van der Waals surface area (Å²) in [4.78, 5) is 13.5. The van der Waals surface area contributed by atoms with Gasteiger partial charge in [0.05, 0.1) is 6.26 Å². The average Bonchev–Trinajstić information content (AvgIpc) is 2.84. The van der Waals surface area contributed by atoms with Crippen LogP contribution in [0.1, 0.15) is 27.2 Å². The van der Waals surface area contributed by atoms with Gasteiger partial charge in [-0.2, -0.15) is 0 Å². The van der Waals surface area contributed by atoms with Gasteiger partial charge in [-0.3, -0.25) is 15.1 Å². The quantitative estimate of drug-likeness (QED) is 0.495. The Balaban J connectivity index is 1.96. The zero-order valence-electron chi connectivity index (χ0n) is 11.7. The van der Waals surface area contributed by atoms with Crippen LogP contribution in [0.5, 0.6) is 0 Å². The second-order valence-electron chi connectivity index (χ2n) is 4.84. The zero-order valence-corrected chi connectivity index (χ0v) is 11.7. The molecule has 2 rings (SSSR count). The second kappa shape index (κ2) is 6.36. The van der Waals surface area contributed by atoms with E-state index < -0.39 is 0 Å². The number of furan rings is 1. The lowest BCUT2D eigenvalue weighted by Gasteiger charge is -2.16. The molecule has 0 aliphatic heterocycles. The van der Waals surface area contributed by atoms with E-state index in [0.29, 0.717) is 5.56 Å². The van der Waals surface area contributed by atoms with Crippen LogP contribution in [-0.2, 0) is 13.1 Å². The number of amides is 1. The van der Waals surface area contributed by atoms with Gasteiger partial charge in [0.1, 0.15) is 5.76 Å². The Labute approximate surface area is 118 Å². The molecule has 1 aromatic carbocycles. The van der Waals surface area contributed by atoms with Gasteiger partial charge in [-0.25, -0.2) is 5.84 Å². The largest absolute Gasteiger partial charge is 0.469 e. The minimum absolute atomic E-state index is 0.279. The van der Waals surface area contributed by atoms with Crippen molar-refractivity contribution in [3.63, 3.8) is 0 Å². The fourth-order valence-electron chi connectivity index (χ4n) is 2.08. The summed E-state index contributed by atoms with van der Waals surface area (Å²) < 4.78 is 5.29. The van der Waals surface area contributed by atoms with Crippen LogP contribution < -0.4 is 11.3 Å². The molecule has 0 fully saturated rings. The predicted octanol–water partition coefficient (Wildman–Crippen LogP) is 1.82. The van der Waals surface area contributed by atoms with Gasteiger partial charge in [-0.05, 0) is 37.7 Å². The van der Waals surface area contributed by atoms with Crippen LogP contribution in [-0.4, -0.2) is 17.9 Å². The van der Waals surface area contributed by atoms with Gasteiger partial charge >= 0.3 is 0 Å². The van der Waals surface area contributed by atoms with Crippen LogP contribution in [0.15, 0.2) is 41.0 Å². The Morgan fingerprint density at radius 3 is 2.50 bits per heavy atom. The monoisotopic (exact) mass is 273 g/mol. The topological polar surface area (TPSA) is 71.5 Å². The molecule has 5 heteroatoms. The molecule has 0 saturated heterocycles. The number of nitrogens with zero attached hydrogens (tertiary/aromatic N) is 1. The van der Waals surface area contributed by atoms with Gasteiger partial charge in [0.25, 0.3) is 5.91 Å². The molecule has 0 aliphatic carbocycles. The van der Waals surface area contributed by atoms with Crippen molar-refractivity contribution in [1.29, 1.82) is 0 Å². The van der Waals surface area contributed by atoms with Crippen LogP contribution in [0.2, 0.25) is 0 Å². The molecule has 20 heavy (non-hydrogen) atoms. The summed E-state index contributed by atoms with van der Waals surface area (Å²) in [5, 5.41) is 0. The fourth-order valence-corrected chi connectivity index (χ4v) is 2.08. The molecule has 1 amide bonds. The second-order valence-corrected chi connectivity index (χ2v) is 4.84. The zero-order chi connectivity index (χ0) is 14.5. The highest BCUT2D eigenvalue weighted by molar-refractivity contribution is 5.93. The first-order valence-corrected chi connectivity index (χ1v) is 6.41. The summed E-state index contributed by atoms with van der Waals surface area (Å²) in [5.41, 5.74) is 5.01. The highest BCUT2D eigenvalue weighted by Gasteiger charge is 2.07. The third-order valence-electron chi connectivity index (χ3n) is 3.21. The first kappa shape index (κ1) is 14.3. The van der Waals surface area contributed by atoms with E-state index in [-0.39, 0.29) is 5.91 Å². The Morgan fingerprint density at radius 1 is 1.25 bits per heavy atom. The Bertz CT molecular complexity index is 575. The molecule has 0 radical (unpaired) electrons. The van der Waals surface area contributed by atoms with E-state index in [4.69, 9.17) is 10.3 Å².